The van der Waals surface area contributed by atoms with E-state index in [0.717, 1.165) is 25.5 Å². The second kappa shape index (κ2) is 14.5. The van der Waals surface area contributed by atoms with E-state index in [9.17, 15) is 0 Å². The third-order valence-corrected chi connectivity index (χ3v) is 3.52. The van der Waals surface area contributed by atoms with Crippen molar-refractivity contribution >= 4 is 29.9 Å². The molecule has 0 saturated carbocycles. The number of hydrogen-bond acceptors (Lipinski definition) is 3. The Kier molecular flexibility index (Phi) is 14.0. The molecule has 0 amide bonds. The Morgan fingerprint density at radius 3 is 2.54 bits per heavy atom. The lowest BCUT2D eigenvalue weighted by atomic mass is 10.1. The van der Waals surface area contributed by atoms with Crippen LogP contribution in [-0.4, -0.2) is 38.9 Å². The maximum Gasteiger partial charge on any atom is 0.191 e. The highest BCUT2D eigenvalue weighted by molar-refractivity contribution is 14.0. The van der Waals surface area contributed by atoms with Crippen LogP contribution in [0, 0.1) is 0 Å². The van der Waals surface area contributed by atoms with Crippen molar-refractivity contribution in [2.75, 3.05) is 26.9 Å². The molecule has 1 aromatic rings. The fraction of sp³-hybridized carbons (Fsp3) is 0.611. The highest BCUT2D eigenvalue weighted by atomic mass is 127. The monoisotopic (exact) mass is 449 g/mol. The zero-order chi connectivity index (χ0) is 16.9. The molecule has 0 fully saturated rings. The van der Waals surface area contributed by atoms with E-state index in [1.165, 1.54) is 11.1 Å². The molecule has 1 atom stereocenters. The number of nitrogens with zero attached hydrogens (tertiary/aromatic N) is 1. The molecule has 1 rings (SSSR count). The minimum absolute atomic E-state index is 0. The lowest BCUT2D eigenvalue weighted by molar-refractivity contribution is 0.0453. The van der Waals surface area contributed by atoms with Gasteiger partial charge in [-0.25, -0.2) is 0 Å². The van der Waals surface area contributed by atoms with Gasteiger partial charge in [-0.1, -0.05) is 31.2 Å². The number of benzene rings is 1. The van der Waals surface area contributed by atoms with Gasteiger partial charge in [0, 0.05) is 26.2 Å². The van der Waals surface area contributed by atoms with Gasteiger partial charge in [0.1, 0.15) is 0 Å². The number of aliphatic imine (C=N–C) groups is 1. The Bertz CT molecular complexity index is 469. The van der Waals surface area contributed by atoms with E-state index < -0.39 is 0 Å². The van der Waals surface area contributed by atoms with Crippen molar-refractivity contribution in [3.05, 3.63) is 35.4 Å². The van der Waals surface area contributed by atoms with Crippen molar-refractivity contribution < 1.29 is 9.47 Å². The molecule has 0 radical (unpaired) electrons. The zero-order valence-corrected chi connectivity index (χ0v) is 17.6. The number of ether oxygens (including phenoxy) is 2. The van der Waals surface area contributed by atoms with Crippen LogP contribution < -0.4 is 10.6 Å². The summed E-state index contributed by atoms with van der Waals surface area (Å²) >= 11 is 0. The van der Waals surface area contributed by atoms with Gasteiger partial charge >= 0.3 is 0 Å². The molecule has 5 nitrogen and oxygen atoms in total. The predicted molar refractivity (Wildman–Crippen MR) is 111 cm³/mol. The van der Waals surface area contributed by atoms with Crippen molar-refractivity contribution in [1.29, 1.82) is 0 Å². The summed E-state index contributed by atoms with van der Waals surface area (Å²) in [5.41, 5.74) is 2.38. The maximum absolute atomic E-state index is 5.61. The number of nitrogens with one attached hydrogen (secondary N) is 2. The molecule has 0 saturated heterocycles. The Balaban J connectivity index is 0.00000529. The summed E-state index contributed by atoms with van der Waals surface area (Å²) in [6.07, 6.45) is 1.06. The number of rotatable bonds is 10. The van der Waals surface area contributed by atoms with Crippen molar-refractivity contribution in [2.24, 2.45) is 4.99 Å². The van der Waals surface area contributed by atoms with Crippen molar-refractivity contribution in [3.63, 3.8) is 0 Å². The van der Waals surface area contributed by atoms with Gasteiger partial charge < -0.3 is 20.1 Å². The first-order chi connectivity index (χ1) is 11.2. The number of guanidine groups is 1. The minimum atomic E-state index is 0. The first kappa shape index (κ1) is 23.1. The summed E-state index contributed by atoms with van der Waals surface area (Å²) in [4.78, 5) is 4.25. The second-order valence-corrected chi connectivity index (χ2v) is 5.45. The van der Waals surface area contributed by atoms with E-state index in [1.54, 1.807) is 7.05 Å². The fourth-order valence-corrected chi connectivity index (χ4v) is 2.00. The summed E-state index contributed by atoms with van der Waals surface area (Å²) in [7, 11) is 1.79. The van der Waals surface area contributed by atoms with Gasteiger partial charge in [-0.3, -0.25) is 4.99 Å². The van der Waals surface area contributed by atoms with Crippen LogP contribution >= 0.6 is 24.0 Å². The van der Waals surface area contributed by atoms with E-state index in [1.807, 2.05) is 6.92 Å². The van der Waals surface area contributed by atoms with Gasteiger partial charge in [0.05, 0.1) is 19.8 Å². The molecule has 24 heavy (non-hydrogen) atoms. The molecule has 0 aliphatic carbocycles. The van der Waals surface area contributed by atoms with E-state index in [0.29, 0.717) is 25.9 Å². The van der Waals surface area contributed by atoms with Gasteiger partial charge in [0.2, 0.25) is 0 Å². The van der Waals surface area contributed by atoms with Gasteiger partial charge in [0.25, 0.3) is 0 Å². The number of hydrogen-bond donors (Lipinski definition) is 2. The SMILES string of the molecule is CCOCCOCc1cccc(CNC(=NC)NC(C)CC)c1.I. The topological polar surface area (TPSA) is 54.9 Å². The summed E-state index contributed by atoms with van der Waals surface area (Å²) in [5, 5.41) is 6.70. The quantitative estimate of drug-likeness (QED) is 0.249. The molecule has 2 N–H and O–H groups in total. The highest BCUT2D eigenvalue weighted by Gasteiger charge is 2.03. The molecule has 0 aliphatic rings. The van der Waals surface area contributed by atoms with Crippen LogP contribution in [0.4, 0.5) is 0 Å². The smallest absolute Gasteiger partial charge is 0.191 e. The van der Waals surface area contributed by atoms with Crippen LogP contribution in [-0.2, 0) is 22.6 Å². The standard InChI is InChI=1S/C18H31N3O2.HI/c1-5-15(3)21-18(19-4)20-13-16-8-7-9-17(12-16)14-23-11-10-22-6-2;/h7-9,12,15H,5-6,10-11,13-14H2,1-4H3,(H2,19,20,21);1H. The minimum Gasteiger partial charge on any atom is -0.379 e. The van der Waals surface area contributed by atoms with Crippen molar-refractivity contribution in [1.82, 2.24) is 10.6 Å². The molecule has 0 aromatic heterocycles. The summed E-state index contributed by atoms with van der Waals surface area (Å²) < 4.78 is 10.9. The van der Waals surface area contributed by atoms with E-state index >= 15 is 0 Å². The molecule has 0 spiro atoms. The van der Waals surface area contributed by atoms with Crippen LogP contribution in [0.25, 0.3) is 0 Å². The van der Waals surface area contributed by atoms with E-state index in [2.05, 4.69) is 53.7 Å². The van der Waals surface area contributed by atoms with E-state index in [-0.39, 0.29) is 24.0 Å². The molecule has 1 aromatic carbocycles. The lowest BCUT2D eigenvalue weighted by Crippen LogP contribution is -2.41. The largest absolute Gasteiger partial charge is 0.379 e. The summed E-state index contributed by atoms with van der Waals surface area (Å²) in [6.45, 7) is 9.64. The summed E-state index contributed by atoms with van der Waals surface area (Å²) in [6, 6.07) is 8.81. The molecule has 1 unspecified atom stereocenters. The molecule has 0 heterocycles. The van der Waals surface area contributed by atoms with Crippen molar-refractivity contribution in [2.45, 2.75) is 46.4 Å². The summed E-state index contributed by atoms with van der Waals surface area (Å²) in [5.74, 6) is 0.831. The first-order valence-electron chi connectivity index (χ1n) is 8.40. The van der Waals surface area contributed by atoms with E-state index in [4.69, 9.17) is 9.47 Å². The van der Waals surface area contributed by atoms with Crippen molar-refractivity contribution in [3.8, 4) is 0 Å². The lowest BCUT2D eigenvalue weighted by Gasteiger charge is -2.16. The first-order valence-corrected chi connectivity index (χ1v) is 8.40. The van der Waals surface area contributed by atoms with Crippen LogP contribution in [0.5, 0.6) is 0 Å². The molecular formula is C18H32IN3O2. The average molecular weight is 449 g/mol. The zero-order valence-electron chi connectivity index (χ0n) is 15.3. The Hall–Kier alpha value is -0.860. The van der Waals surface area contributed by atoms with Gasteiger partial charge in [-0.2, -0.15) is 0 Å². The maximum atomic E-state index is 5.61. The third kappa shape index (κ3) is 10.1. The Morgan fingerprint density at radius 2 is 1.88 bits per heavy atom. The Morgan fingerprint density at radius 1 is 1.17 bits per heavy atom. The molecule has 0 aliphatic heterocycles. The van der Waals surface area contributed by atoms with Crippen LogP contribution in [0.1, 0.15) is 38.3 Å². The van der Waals surface area contributed by atoms with Gasteiger partial charge in [-0.05, 0) is 31.4 Å². The number of halogens is 1. The second-order valence-electron chi connectivity index (χ2n) is 5.45. The average Bonchev–Trinajstić information content (AvgIpc) is 2.58. The molecule has 0 bridgehead atoms. The normalized spacial score (nSPS) is 12.4. The predicted octanol–water partition coefficient (Wildman–Crippen LogP) is 3.32. The fourth-order valence-electron chi connectivity index (χ4n) is 2.00. The van der Waals surface area contributed by atoms with Crippen LogP contribution in [0.2, 0.25) is 0 Å². The van der Waals surface area contributed by atoms with Crippen LogP contribution in [0.15, 0.2) is 29.3 Å². The molecule has 6 heteroatoms. The van der Waals surface area contributed by atoms with Gasteiger partial charge in [0.15, 0.2) is 5.96 Å². The molecule has 138 valence electrons. The highest BCUT2D eigenvalue weighted by Crippen LogP contribution is 2.06. The third-order valence-electron chi connectivity index (χ3n) is 3.52. The molecular weight excluding hydrogens is 417 g/mol. The van der Waals surface area contributed by atoms with Crippen LogP contribution in [0.3, 0.4) is 0 Å². The van der Waals surface area contributed by atoms with Gasteiger partial charge in [-0.15, -0.1) is 24.0 Å². The Labute approximate surface area is 163 Å².